The zero-order chi connectivity index (χ0) is 18.1. The normalized spacial score (nSPS) is 10.7. The van der Waals surface area contributed by atoms with Crippen LogP contribution in [-0.4, -0.2) is 23.1 Å². The molecule has 0 aliphatic heterocycles. The van der Waals surface area contributed by atoms with E-state index in [2.05, 4.69) is 47.3 Å². The number of aromatic nitrogens is 2. The molecule has 0 atom stereocenters. The largest absolute Gasteiger partial charge is 0.491 e. The van der Waals surface area contributed by atoms with Gasteiger partial charge in [-0.15, -0.1) is 0 Å². The van der Waals surface area contributed by atoms with E-state index in [1.54, 1.807) is 0 Å². The van der Waals surface area contributed by atoms with Crippen LogP contribution >= 0.6 is 11.6 Å². The van der Waals surface area contributed by atoms with Gasteiger partial charge in [-0.2, -0.15) is 0 Å². The molecule has 0 amide bonds. The summed E-state index contributed by atoms with van der Waals surface area (Å²) in [6.45, 7) is 7.61. The highest BCUT2D eigenvalue weighted by Gasteiger charge is 2.07. The third kappa shape index (κ3) is 5.89. The molecule has 0 aliphatic rings. The first-order valence-corrected chi connectivity index (χ1v) is 9.49. The molecule has 0 aliphatic carbocycles. The number of aryl methyl sites for hydroxylation is 2. The van der Waals surface area contributed by atoms with Crippen molar-refractivity contribution >= 4 is 17.4 Å². The zero-order valence-corrected chi connectivity index (χ0v) is 16.2. The second-order valence-corrected chi connectivity index (χ2v) is 6.54. The minimum Gasteiger partial charge on any atom is -0.491 e. The van der Waals surface area contributed by atoms with Crippen LogP contribution in [-0.2, 0) is 12.8 Å². The minimum absolute atomic E-state index is 0.510. The van der Waals surface area contributed by atoms with Crippen LogP contribution in [0.2, 0.25) is 5.15 Å². The first-order chi connectivity index (χ1) is 12.2. The fourth-order valence-electron chi connectivity index (χ4n) is 2.79. The van der Waals surface area contributed by atoms with Crippen LogP contribution in [0.5, 0.6) is 5.75 Å². The van der Waals surface area contributed by atoms with Gasteiger partial charge in [0.25, 0.3) is 0 Å². The van der Waals surface area contributed by atoms with E-state index in [1.807, 2.05) is 6.92 Å². The Morgan fingerprint density at radius 3 is 2.72 bits per heavy atom. The van der Waals surface area contributed by atoms with Gasteiger partial charge in [0.2, 0.25) is 0 Å². The predicted octanol–water partition coefficient (Wildman–Crippen LogP) is 5.22. The molecule has 0 radical (unpaired) electrons. The van der Waals surface area contributed by atoms with Crippen molar-refractivity contribution in [3.05, 3.63) is 46.4 Å². The van der Waals surface area contributed by atoms with E-state index >= 15 is 0 Å². The molecular formula is C20H28ClN3O. The SMILES string of the molecule is CCCCCc1ccc(OCCNc2ncnc(Cl)c2CC)c(C)c1. The molecular weight excluding hydrogens is 334 g/mol. The Morgan fingerprint density at radius 2 is 2.00 bits per heavy atom. The number of halogens is 1. The Morgan fingerprint density at radius 1 is 1.16 bits per heavy atom. The summed E-state index contributed by atoms with van der Waals surface area (Å²) in [6.07, 6.45) is 7.21. The lowest BCUT2D eigenvalue weighted by atomic mass is 10.0. The first-order valence-electron chi connectivity index (χ1n) is 9.11. The molecule has 2 aromatic rings. The van der Waals surface area contributed by atoms with Crippen LogP contribution in [0.15, 0.2) is 24.5 Å². The number of ether oxygens (including phenoxy) is 1. The summed E-state index contributed by atoms with van der Waals surface area (Å²) in [5.74, 6) is 1.73. The molecule has 0 saturated heterocycles. The van der Waals surface area contributed by atoms with Crippen molar-refractivity contribution in [3.8, 4) is 5.75 Å². The van der Waals surface area contributed by atoms with Gasteiger partial charge in [-0.05, 0) is 43.4 Å². The molecule has 136 valence electrons. The Kier molecular flexibility index (Phi) is 7.99. The fourth-order valence-corrected chi connectivity index (χ4v) is 3.06. The van der Waals surface area contributed by atoms with E-state index in [0.29, 0.717) is 18.3 Å². The summed E-state index contributed by atoms with van der Waals surface area (Å²) in [6, 6.07) is 6.48. The van der Waals surface area contributed by atoms with E-state index in [-0.39, 0.29) is 0 Å². The van der Waals surface area contributed by atoms with Gasteiger partial charge >= 0.3 is 0 Å². The Labute approximate surface area is 156 Å². The van der Waals surface area contributed by atoms with Gasteiger partial charge in [-0.1, -0.05) is 50.4 Å². The average Bonchev–Trinajstić information content (AvgIpc) is 2.60. The van der Waals surface area contributed by atoms with Crippen molar-refractivity contribution in [2.45, 2.75) is 52.9 Å². The molecule has 4 nitrogen and oxygen atoms in total. The summed E-state index contributed by atoms with van der Waals surface area (Å²) in [5.41, 5.74) is 3.52. The van der Waals surface area contributed by atoms with E-state index < -0.39 is 0 Å². The standard InChI is InChI=1S/C20H28ClN3O/c1-4-6-7-8-16-9-10-18(15(3)13-16)25-12-11-22-20-17(5-2)19(21)23-14-24-20/h9-10,13-14H,4-8,11-12H2,1-3H3,(H,22,23,24). The Balaban J connectivity index is 1.83. The maximum absolute atomic E-state index is 6.10. The van der Waals surface area contributed by atoms with Crippen LogP contribution in [0.3, 0.4) is 0 Å². The zero-order valence-electron chi connectivity index (χ0n) is 15.4. The van der Waals surface area contributed by atoms with Crippen molar-refractivity contribution in [1.29, 1.82) is 0 Å². The number of nitrogens with zero attached hydrogens (tertiary/aromatic N) is 2. The van der Waals surface area contributed by atoms with Crippen LogP contribution < -0.4 is 10.1 Å². The lowest BCUT2D eigenvalue weighted by Crippen LogP contribution is -2.14. The molecule has 0 spiro atoms. The summed E-state index contributed by atoms with van der Waals surface area (Å²) in [7, 11) is 0. The van der Waals surface area contributed by atoms with Crippen LogP contribution in [0.25, 0.3) is 0 Å². The van der Waals surface area contributed by atoms with E-state index in [0.717, 1.165) is 30.0 Å². The van der Waals surface area contributed by atoms with Crippen molar-refractivity contribution in [2.24, 2.45) is 0 Å². The van der Waals surface area contributed by atoms with Gasteiger partial charge in [0, 0.05) is 5.56 Å². The third-order valence-electron chi connectivity index (χ3n) is 4.21. The van der Waals surface area contributed by atoms with Crippen LogP contribution in [0, 0.1) is 6.92 Å². The van der Waals surface area contributed by atoms with Crippen molar-refractivity contribution in [1.82, 2.24) is 9.97 Å². The maximum atomic E-state index is 6.10. The minimum atomic E-state index is 0.510. The summed E-state index contributed by atoms with van der Waals surface area (Å²) in [5, 5.41) is 3.79. The highest BCUT2D eigenvalue weighted by Crippen LogP contribution is 2.21. The molecule has 0 saturated carbocycles. The van der Waals surface area contributed by atoms with Gasteiger partial charge < -0.3 is 10.1 Å². The molecule has 1 N–H and O–H groups in total. The molecule has 0 fully saturated rings. The highest BCUT2D eigenvalue weighted by molar-refractivity contribution is 6.30. The molecule has 0 unspecified atom stereocenters. The molecule has 25 heavy (non-hydrogen) atoms. The number of hydrogen-bond donors (Lipinski definition) is 1. The van der Waals surface area contributed by atoms with Gasteiger partial charge in [0.05, 0.1) is 6.54 Å². The number of unbranched alkanes of at least 4 members (excludes halogenated alkanes) is 2. The lowest BCUT2D eigenvalue weighted by molar-refractivity contribution is 0.330. The monoisotopic (exact) mass is 361 g/mol. The second kappa shape index (κ2) is 10.2. The van der Waals surface area contributed by atoms with Gasteiger partial charge in [-0.3, -0.25) is 0 Å². The van der Waals surface area contributed by atoms with Crippen molar-refractivity contribution in [3.63, 3.8) is 0 Å². The molecule has 1 aromatic carbocycles. The highest BCUT2D eigenvalue weighted by atomic mass is 35.5. The lowest BCUT2D eigenvalue weighted by Gasteiger charge is -2.13. The second-order valence-electron chi connectivity index (χ2n) is 6.18. The topological polar surface area (TPSA) is 47.0 Å². The number of rotatable bonds is 10. The van der Waals surface area contributed by atoms with Crippen molar-refractivity contribution in [2.75, 3.05) is 18.5 Å². The predicted molar refractivity (Wildman–Crippen MR) is 105 cm³/mol. The van der Waals surface area contributed by atoms with Gasteiger partial charge in [0.15, 0.2) is 0 Å². The van der Waals surface area contributed by atoms with Gasteiger partial charge in [0.1, 0.15) is 29.7 Å². The number of nitrogens with one attached hydrogen (secondary N) is 1. The molecule has 2 rings (SSSR count). The molecule has 1 aromatic heterocycles. The first kappa shape index (κ1) is 19.5. The fraction of sp³-hybridized carbons (Fsp3) is 0.500. The van der Waals surface area contributed by atoms with E-state index in [4.69, 9.17) is 16.3 Å². The average molecular weight is 362 g/mol. The summed E-state index contributed by atoms with van der Waals surface area (Å²) < 4.78 is 5.90. The van der Waals surface area contributed by atoms with E-state index in [9.17, 15) is 0 Å². The van der Waals surface area contributed by atoms with Gasteiger partial charge in [-0.25, -0.2) is 9.97 Å². The molecule has 1 heterocycles. The quantitative estimate of drug-likeness (QED) is 0.465. The maximum Gasteiger partial charge on any atom is 0.137 e. The van der Waals surface area contributed by atoms with Crippen molar-refractivity contribution < 1.29 is 4.74 Å². The Hall–Kier alpha value is -1.81. The van der Waals surface area contributed by atoms with E-state index in [1.165, 1.54) is 36.7 Å². The smallest absolute Gasteiger partial charge is 0.137 e. The Bertz CT molecular complexity index is 676. The summed E-state index contributed by atoms with van der Waals surface area (Å²) >= 11 is 6.10. The number of anilines is 1. The third-order valence-corrected chi connectivity index (χ3v) is 4.53. The molecule has 0 bridgehead atoms. The number of benzene rings is 1. The summed E-state index contributed by atoms with van der Waals surface area (Å²) in [4.78, 5) is 8.27. The molecule has 5 heteroatoms. The number of hydrogen-bond acceptors (Lipinski definition) is 4. The van der Waals surface area contributed by atoms with Crippen LogP contribution in [0.4, 0.5) is 5.82 Å². The van der Waals surface area contributed by atoms with Crippen LogP contribution in [0.1, 0.15) is 49.8 Å².